The largest absolute Gasteiger partial charge is 0.497 e. The van der Waals surface area contributed by atoms with Gasteiger partial charge in [0.1, 0.15) is 5.75 Å². The SMILES string of the molecule is COc1ccc(CCC(=O)N2CCCC(C)C2CN)cc1. The Balaban J connectivity index is 1.90. The summed E-state index contributed by atoms with van der Waals surface area (Å²) in [5, 5.41) is 0. The maximum Gasteiger partial charge on any atom is 0.223 e. The predicted molar refractivity (Wildman–Crippen MR) is 84.3 cm³/mol. The lowest BCUT2D eigenvalue weighted by Crippen LogP contribution is -2.51. The lowest BCUT2D eigenvalue weighted by molar-refractivity contribution is -0.136. The molecule has 1 aliphatic heterocycles. The fraction of sp³-hybridized carbons (Fsp3) is 0.588. The first kappa shape index (κ1) is 15.8. The number of nitrogens with two attached hydrogens (primary N) is 1. The second-order valence-corrected chi connectivity index (χ2v) is 5.86. The van der Waals surface area contributed by atoms with Gasteiger partial charge in [0, 0.05) is 25.6 Å². The number of aryl methyl sites for hydroxylation is 1. The Bertz CT molecular complexity index is 458. The van der Waals surface area contributed by atoms with Crippen LogP contribution in [0.4, 0.5) is 0 Å². The van der Waals surface area contributed by atoms with Crippen LogP contribution < -0.4 is 10.5 Å². The summed E-state index contributed by atoms with van der Waals surface area (Å²) < 4.78 is 5.14. The second-order valence-electron chi connectivity index (χ2n) is 5.86. The van der Waals surface area contributed by atoms with Crippen LogP contribution >= 0.6 is 0 Å². The van der Waals surface area contributed by atoms with Gasteiger partial charge >= 0.3 is 0 Å². The zero-order chi connectivity index (χ0) is 15.2. The monoisotopic (exact) mass is 290 g/mol. The highest BCUT2D eigenvalue weighted by molar-refractivity contribution is 5.77. The normalized spacial score (nSPS) is 22.1. The van der Waals surface area contributed by atoms with Crippen molar-refractivity contribution in [2.75, 3.05) is 20.2 Å². The van der Waals surface area contributed by atoms with Crippen molar-refractivity contribution in [2.45, 2.75) is 38.6 Å². The Morgan fingerprint density at radius 1 is 1.38 bits per heavy atom. The molecule has 2 N–H and O–H groups in total. The molecule has 2 rings (SSSR count). The topological polar surface area (TPSA) is 55.6 Å². The molecular weight excluding hydrogens is 264 g/mol. The first-order valence-corrected chi connectivity index (χ1v) is 7.78. The predicted octanol–water partition coefficient (Wildman–Crippen LogP) is 2.21. The van der Waals surface area contributed by atoms with Gasteiger partial charge in [-0.05, 0) is 42.9 Å². The zero-order valence-corrected chi connectivity index (χ0v) is 13.0. The van der Waals surface area contributed by atoms with Crippen molar-refractivity contribution >= 4 is 5.91 Å². The lowest BCUT2D eigenvalue weighted by atomic mass is 9.90. The Morgan fingerprint density at radius 3 is 2.71 bits per heavy atom. The van der Waals surface area contributed by atoms with E-state index in [-0.39, 0.29) is 11.9 Å². The average molecular weight is 290 g/mol. The third kappa shape index (κ3) is 3.97. The minimum atomic E-state index is 0.210. The molecular formula is C17H26N2O2. The van der Waals surface area contributed by atoms with E-state index in [0.29, 0.717) is 18.9 Å². The molecule has 21 heavy (non-hydrogen) atoms. The van der Waals surface area contributed by atoms with Gasteiger partial charge in [-0.1, -0.05) is 19.1 Å². The first-order valence-electron chi connectivity index (χ1n) is 7.78. The molecule has 0 radical (unpaired) electrons. The maximum atomic E-state index is 12.5. The van der Waals surface area contributed by atoms with Gasteiger partial charge in [0.25, 0.3) is 0 Å². The number of ether oxygens (including phenoxy) is 1. The van der Waals surface area contributed by atoms with Crippen molar-refractivity contribution < 1.29 is 9.53 Å². The molecule has 1 fully saturated rings. The van der Waals surface area contributed by atoms with E-state index in [0.717, 1.165) is 25.1 Å². The Labute approximate surface area is 127 Å². The summed E-state index contributed by atoms with van der Waals surface area (Å²) in [4.78, 5) is 14.5. The molecule has 1 amide bonds. The maximum absolute atomic E-state index is 12.5. The van der Waals surface area contributed by atoms with Gasteiger partial charge in [0.2, 0.25) is 5.91 Å². The molecule has 0 spiro atoms. The number of benzene rings is 1. The smallest absolute Gasteiger partial charge is 0.223 e. The fourth-order valence-electron chi connectivity index (χ4n) is 3.11. The number of carbonyl (C=O) groups excluding carboxylic acids is 1. The summed E-state index contributed by atoms with van der Waals surface area (Å²) in [6.45, 7) is 3.61. The van der Waals surface area contributed by atoms with E-state index in [1.807, 2.05) is 29.2 Å². The van der Waals surface area contributed by atoms with Gasteiger partial charge in [0.15, 0.2) is 0 Å². The summed E-state index contributed by atoms with van der Waals surface area (Å²) in [6, 6.07) is 8.12. The highest BCUT2D eigenvalue weighted by Gasteiger charge is 2.30. The van der Waals surface area contributed by atoms with Crippen LogP contribution in [0.5, 0.6) is 5.75 Å². The van der Waals surface area contributed by atoms with Gasteiger partial charge < -0.3 is 15.4 Å². The molecule has 1 saturated heterocycles. The van der Waals surface area contributed by atoms with Crippen LogP contribution in [0.25, 0.3) is 0 Å². The van der Waals surface area contributed by atoms with Crippen molar-refractivity contribution in [1.29, 1.82) is 0 Å². The Hall–Kier alpha value is -1.55. The third-order valence-electron chi connectivity index (χ3n) is 4.46. The van der Waals surface area contributed by atoms with Crippen molar-refractivity contribution in [3.05, 3.63) is 29.8 Å². The number of likely N-dealkylation sites (tertiary alicyclic amines) is 1. The summed E-state index contributed by atoms with van der Waals surface area (Å²) in [5.74, 6) is 1.58. The number of methoxy groups -OCH3 is 1. The second kappa shape index (κ2) is 7.46. The van der Waals surface area contributed by atoms with Gasteiger partial charge in [0.05, 0.1) is 7.11 Å². The van der Waals surface area contributed by atoms with Gasteiger partial charge in [-0.15, -0.1) is 0 Å². The van der Waals surface area contributed by atoms with E-state index in [1.54, 1.807) is 7.11 Å². The van der Waals surface area contributed by atoms with E-state index in [2.05, 4.69) is 6.92 Å². The molecule has 4 heteroatoms. The molecule has 0 aliphatic carbocycles. The minimum Gasteiger partial charge on any atom is -0.497 e. The molecule has 0 saturated carbocycles. The van der Waals surface area contributed by atoms with Gasteiger partial charge in [-0.3, -0.25) is 4.79 Å². The fourth-order valence-corrected chi connectivity index (χ4v) is 3.11. The molecule has 4 nitrogen and oxygen atoms in total. The molecule has 1 aliphatic rings. The van der Waals surface area contributed by atoms with Crippen LogP contribution in [-0.4, -0.2) is 37.0 Å². The van der Waals surface area contributed by atoms with Crippen LogP contribution in [0.1, 0.15) is 31.7 Å². The molecule has 0 aromatic heterocycles. The molecule has 116 valence electrons. The van der Waals surface area contributed by atoms with Crippen LogP contribution in [0, 0.1) is 5.92 Å². The minimum absolute atomic E-state index is 0.210. The number of hydrogen-bond donors (Lipinski definition) is 1. The number of rotatable bonds is 5. The summed E-state index contributed by atoms with van der Waals surface area (Å²) in [6.07, 6.45) is 3.58. The van der Waals surface area contributed by atoms with Crippen molar-refractivity contribution in [2.24, 2.45) is 11.7 Å². The Kier molecular flexibility index (Phi) is 5.62. The molecule has 1 heterocycles. The van der Waals surface area contributed by atoms with Crippen LogP contribution in [0.2, 0.25) is 0 Å². The number of hydrogen-bond acceptors (Lipinski definition) is 3. The Morgan fingerprint density at radius 2 is 2.10 bits per heavy atom. The van der Waals surface area contributed by atoms with E-state index in [4.69, 9.17) is 10.5 Å². The lowest BCUT2D eigenvalue weighted by Gasteiger charge is -2.39. The highest BCUT2D eigenvalue weighted by atomic mass is 16.5. The van der Waals surface area contributed by atoms with Crippen LogP contribution in [-0.2, 0) is 11.2 Å². The standard InChI is InChI=1S/C17H26N2O2/c1-13-4-3-11-19(16(13)12-18)17(20)10-7-14-5-8-15(21-2)9-6-14/h5-6,8-9,13,16H,3-4,7,10-12,18H2,1-2H3. The van der Waals surface area contributed by atoms with E-state index < -0.39 is 0 Å². The van der Waals surface area contributed by atoms with E-state index in [1.165, 1.54) is 12.0 Å². The van der Waals surface area contributed by atoms with Crippen molar-refractivity contribution in [3.8, 4) is 5.75 Å². The average Bonchev–Trinajstić information content (AvgIpc) is 2.52. The van der Waals surface area contributed by atoms with E-state index >= 15 is 0 Å². The highest BCUT2D eigenvalue weighted by Crippen LogP contribution is 2.23. The van der Waals surface area contributed by atoms with Crippen LogP contribution in [0.3, 0.4) is 0 Å². The number of amides is 1. The number of piperidine rings is 1. The quantitative estimate of drug-likeness (QED) is 0.904. The number of carbonyl (C=O) groups is 1. The van der Waals surface area contributed by atoms with E-state index in [9.17, 15) is 4.79 Å². The summed E-state index contributed by atoms with van der Waals surface area (Å²) in [7, 11) is 1.66. The zero-order valence-electron chi connectivity index (χ0n) is 13.0. The first-order chi connectivity index (χ1) is 10.2. The number of nitrogens with zero attached hydrogens (tertiary/aromatic N) is 1. The van der Waals surface area contributed by atoms with Gasteiger partial charge in [-0.25, -0.2) is 0 Å². The summed E-state index contributed by atoms with van der Waals surface area (Å²) in [5.41, 5.74) is 7.02. The molecule has 2 unspecified atom stereocenters. The third-order valence-corrected chi connectivity index (χ3v) is 4.46. The molecule has 1 aromatic carbocycles. The van der Waals surface area contributed by atoms with Crippen molar-refractivity contribution in [1.82, 2.24) is 4.90 Å². The van der Waals surface area contributed by atoms with Crippen LogP contribution in [0.15, 0.2) is 24.3 Å². The summed E-state index contributed by atoms with van der Waals surface area (Å²) >= 11 is 0. The van der Waals surface area contributed by atoms with Crippen molar-refractivity contribution in [3.63, 3.8) is 0 Å². The molecule has 1 aromatic rings. The van der Waals surface area contributed by atoms with Gasteiger partial charge in [-0.2, -0.15) is 0 Å². The molecule has 0 bridgehead atoms. The molecule has 2 atom stereocenters.